The van der Waals surface area contributed by atoms with Gasteiger partial charge in [0.05, 0.1) is 17.4 Å². The fourth-order valence-corrected chi connectivity index (χ4v) is 4.19. The molecule has 0 unspecified atom stereocenters. The maximum atomic E-state index is 12.5. The first-order chi connectivity index (χ1) is 12.6. The second-order valence-electron chi connectivity index (χ2n) is 5.52. The smallest absolute Gasteiger partial charge is 0.336 e. The third kappa shape index (κ3) is 4.53. The Morgan fingerprint density at radius 1 is 1.00 bits per heavy atom. The van der Waals surface area contributed by atoms with Crippen LogP contribution in [0.25, 0.3) is 0 Å². The maximum absolute atomic E-state index is 12.5. The molecule has 0 fully saturated rings. The van der Waals surface area contributed by atoms with Gasteiger partial charge in [0.25, 0.3) is 0 Å². The van der Waals surface area contributed by atoms with Crippen LogP contribution < -0.4 is 5.32 Å². The molecule has 0 spiro atoms. The molecule has 3 rings (SSSR count). The molecule has 1 atom stereocenters. The lowest BCUT2D eigenvalue weighted by Gasteiger charge is -2.18. The van der Waals surface area contributed by atoms with Crippen LogP contribution in [0.15, 0.2) is 77.0 Å². The third-order valence-electron chi connectivity index (χ3n) is 3.74. The molecule has 0 aliphatic carbocycles. The van der Waals surface area contributed by atoms with E-state index in [4.69, 9.17) is 0 Å². The van der Waals surface area contributed by atoms with Crippen LogP contribution >= 0.6 is 23.1 Å². The van der Waals surface area contributed by atoms with Crippen LogP contribution in [0, 0.1) is 0 Å². The Morgan fingerprint density at radius 2 is 1.73 bits per heavy atom. The number of hydrogen-bond acceptors (Lipinski definition) is 4. The SMILES string of the molecule is O=C(CSc1ccccc1C(=O)O)N[C@@H](c1ccccc1)c1cccs1. The zero-order valence-corrected chi connectivity index (χ0v) is 15.4. The lowest BCUT2D eigenvalue weighted by molar-refractivity contribution is -0.119. The van der Waals surface area contributed by atoms with E-state index < -0.39 is 5.97 Å². The predicted molar refractivity (Wildman–Crippen MR) is 105 cm³/mol. The van der Waals surface area contributed by atoms with Crippen molar-refractivity contribution in [1.29, 1.82) is 0 Å². The molecule has 1 aromatic heterocycles. The van der Waals surface area contributed by atoms with E-state index in [9.17, 15) is 14.7 Å². The van der Waals surface area contributed by atoms with E-state index in [0.717, 1.165) is 10.4 Å². The summed E-state index contributed by atoms with van der Waals surface area (Å²) in [5, 5.41) is 14.3. The number of nitrogens with one attached hydrogen (secondary N) is 1. The highest BCUT2D eigenvalue weighted by molar-refractivity contribution is 8.00. The number of thioether (sulfide) groups is 1. The zero-order chi connectivity index (χ0) is 18.4. The van der Waals surface area contributed by atoms with Crippen molar-refractivity contribution in [1.82, 2.24) is 5.32 Å². The second kappa shape index (κ2) is 8.69. The molecule has 2 N–H and O–H groups in total. The fraction of sp³-hybridized carbons (Fsp3) is 0.100. The number of carboxylic acids is 1. The van der Waals surface area contributed by atoms with Gasteiger partial charge >= 0.3 is 5.97 Å². The molecule has 0 saturated heterocycles. The molecule has 4 nitrogen and oxygen atoms in total. The molecule has 0 saturated carbocycles. The van der Waals surface area contributed by atoms with Gasteiger partial charge in [0.15, 0.2) is 0 Å². The standard InChI is InChI=1S/C20H17NO3S2/c22-18(13-26-16-10-5-4-9-15(16)20(23)24)21-19(17-11-6-12-25-17)14-7-2-1-3-8-14/h1-12,19H,13H2,(H,21,22)(H,23,24)/t19-/m0/s1. The van der Waals surface area contributed by atoms with Crippen LogP contribution in [0.1, 0.15) is 26.8 Å². The monoisotopic (exact) mass is 383 g/mol. The molecule has 0 bridgehead atoms. The van der Waals surface area contributed by atoms with Crippen molar-refractivity contribution < 1.29 is 14.7 Å². The zero-order valence-electron chi connectivity index (χ0n) is 13.8. The molecule has 6 heteroatoms. The third-order valence-corrected chi connectivity index (χ3v) is 5.75. The Bertz CT molecular complexity index is 879. The van der Waals surface area contributed by atoms with E-state index in [-0.39, 0.29) is 23.3 Å². The summed E-state index contributed by atoms with van der Waals surface area (Å²) in [6.07, 6.45) is 0. The quantitative estimate of drug-likeness (QED) is 0.592. The first-order valence-electron chi connectivity index (χ1n) is 7.98. The Kier molecular flexibility index (Phi) is 6.09. The molecule has 132 valence electrons. The van der Waals surface area contributed by atoms with Gasteiger partial charge in [-0.1, -0.05) is 48.5 Å². The van der Waals surface area contributed by atoms with E-state index in [1.165, 1.54) is 11.8 Å². The van der Waals surface area contributed by atoms with Crippen LogP contribution in [-0.2, 0) is 4.79 Å². The number of rotatable bonds is 7. The van der Waals surface area contributed by atoms with Crippen molar-refractivity contribution in [3.05, 3.63) is 88.1 Å². The molecular formula is C20H17NO3S2. The van der Waals surface area contributed by atoms with Crippen molar-refractivity contribution in [2.45, 2.75) is 10.9 Å². The van der Waals surface area contributed by atoms with Gasteiger partial charge in [-0.2, -0.15) is 0 Å². The van der Waals surface area contributed by atoms with E-state index in [0.29, 0.717) is 4.90 Å². The average Bonchev–Trinajstić information content (AvgIpc) is 3.19. The second-order valence-corrected chi connectivity index (χ2v) is 7.51. The summed E-state index contributed by atoms with van der Waals surface area (Å²) in [6, 6.07) is 20.2. The highest BCUT2D eigenvalue weighted by Gasteiger charge is 2.18. The van der Waals surface area contributed by atoms with E-state index in [1.54, 1.807) is 35.6 Å². The number of hydrogen-bond donors (Lipinski definition) is 2. The minimum Gasteiger partial charge on any atom is -0.478 e. The fourth-order valence-electron chi connectivity index (χ4n) is 2.53. The summed E-state index contributed by atoms with van der Waals surface area (Å²) in [7, 11) is 0. The molecule has 1 heterocycles. The normalized spacial score (nSPS) is 11.7. The average molecular weight is 383 g/mol. The molecule has 3 aromatic rings. The van der Waals surface area contributed by atoms with Crippen LogP contribution in [0.3, 0.4) is 0 Å². The number of carbonyl (C=O) groups excluding carboxylic acids is 1. The largest absolute Gasteiger partial charge is 0.478 e. The molecule has 2 aromatic carbocycles. The van der Waals surface area contributed by atoms with E-state index in [1.807, 2.05) is 47.8 Å². The first kappa shape index (κ1) is 18.2. The number of thiophene rings is 1. The molecule has 0 aliphatic rings. The summed E-state index contributed by atoms with van der Waals surface area (Å²) in [5.41, 5.74) is 1.22. The van der Waals surface area contributed by atoms with Crippen LogP contribution in [-0.4, -0.2) is 22.7 Å². The minimum absolute atomic E-state index is 0.141. The number of carbonyl (C=O) groups is 2. The Balaban J connectivity index is 1.71. The number of amides is 1. The molecule has 26 heavy (non-hydrogen) atoms. The number of benzene rings is 2. The Labute approximate surface area is 159 Å². The van der Waals surface area contributed by atoms with E-state index in [2.05, 4.69) is 5.32 Å². The van der Waals surface area contributed by atoms with Crippen molar-refractivity contribution >= 4 is 35.0 Å². The van der Waals surface area contributed by atoms with Crippen molar-refractivity contribution in [2.24, 2.45) is 0 Å². The topological polar surface area (TPSA) is 66.4 Å². The van der Waals surface area contributed by atoms with E-state index >= 15 is 0 Å². The molecule has 0 radical (unpaired) electrons. The van der Waals surface area contributed by atoms with Gasteiger partial charge in [0.2, 0.25) is 5.91 Å². The van der Waals surface area contributed by atoms with Gasteiger partial charge in [0, 0.05) is 9.77 Å². The molecule has 0 aliphatic heterocycles. The first-order valence-corrected chi connectivity index (χ1v) is 9.84. The van der Waals surface area contributed by atoms with Crippen molar-refractivity contribution in [3.8, 4) is 0 Å². The Morgan fingerprint density at radius 3 is 2.42 bits per heavy atom. The molecule has 1 amide bonds. The minimum atomic E-state index is -0.991. The number of aromatic carboxylic acids is 1. The van der Waals surface area contributed by atoms with Crippen molar-refractivity contribution in [3.63, 3.8) is 0 Å². The summed E-state index contributed by atoms with van der Waals surface area (Å²) < 4.78 is 0. The highest BCUT2D eigenvalue weighted by Crippen LogP contribution is 2.27. The van der Waals surface area contributed by atoms with Gasteiger partial charge in [-0.05, 0) is 29.1 Å². The van der Waals surface area contributed by atoms with Crippen molar-refractivity contribution in [2.75, 3.05) is 5.75 Å². The number of carboxylic acid groups (broad SMARTS) is 1. The highest BCUT2D eigenvalue weighted by atomic mass is 32.2. The van der Waals surface area contributed by atoms with Gasteiger partial charge < -0.3 is 10.4 Å². The summed E-state index contributed by atoms with van der Waals surface area (Å²) in [4.78, 5) is 25.4. The Hall–Kier alpha value is -2.57. The molecular weight excluding hydrogens is 366 g/mol. The lowest BCUT2D eigenvalue weighted by Crippen LogP contribution is -2.30. The van der Waals surface area contributed by atoms with Gasteiger partial charge in [-0.25, -0.2) is 4.79 Å². The van der Waals surface area contributed by atoms with Gasteiger partial charge in [0.1, 0.15) is 0 Å². The predicted octanol–water partition coefficient (Wildman–Crippen LogP) is 4.44. The maximum Gasteiger partial charge on any atom is 0.336 e. The van der Waals surface area contributed by atoms with Gasteiger partial charge in [-0.15, -0.1) is 23.1 Å². The van der Waals surface area contributed by atoms with Gasteiger partial charge in [-0.3, -0.25) is 4.79 Å². The summed E-state index contributed by atoms with van der Waals surface area (Å²) in [6.45, 7) is 0. The van der Waals surface area contributed by atoms with Crippen LogP contribution in [0.2, 0.25) is 0 Å². The summed E-state index contributed by atoms with van der Waals surface area (Å²) >= 11 is 2.82. The summed E-state index contributed by atoms with van der Waals surface area (Å²) in [5.74, 6) is -0.981. The lowest BCUT2D eigenvalue weighted by atomic mass is 10.1. The van der Waals surface area contributed by atoms with Crippen LogP contribution in [0.4, 0.5) is 0 Å². The van der Waals surface area contributed by atoms with Crippen LogP contribution in [0.5, 0.6) is 0 Å².